The van der Waals surface area contributed by atoms with Crippen molar-refractivity contribution in [1.29, 1.82) is 0 Å². The molecule has 1 aliphatic heterocycles. The first-order valence-corrected chi connectivity index (χ1v) is 6.88. The average Bonchev–Trinajstić information content (AvgIpc) is 2.89. The van der Waals surface area contributed by atoms with Crippen molar-refractivity contribution in [3.8, 4) is 11.5 Å². The van der Waals surface area contributed by atoms with Crippen LogP contribution < -0.4 is 14.8 Å². The summed E-state index contributed by atoms with van der Waals surface area (Å²) in [7, 11) is 1.94. The third-order valence-electron chi connectivity index (χ3n) is 3.28. The van der Waals surface area contributed by atoms with Gasteiger partial charge >= 0.3 is 0 Å². The van der Waals surface area contributed by atoms with E-state index in [1.165, 1.54) is 11.1 Å². The number of benzene rings is 1. The Labute approximate surface area is 118 Å². The van der Waals surface area contributed by atoms with Crippen LogP contribution in [0.3, 0.4) is 0 Å². The lowest BCUT2D eigenvalue weighted by atomic mass is 10.2. The smallest absolute Gasteiger partial charge is 0.161 e. The molecular formula is C15H19N3O2. The van der Waals surface area contributed by atoms with E-state index < -0.39 is 0 Å². The van der Waals surface area contributed by atoms with Gasteiger partial charge in [0.25, 0.3) is 0 Å². The Morgan fingerprint density at radius 3 is 2.85 bits per heavy atom. The molecule has 1 aliphatic rings. The lowest BCUT2D eigenvalue weighted by molar-refractivity contribution is 0.171. The highest BCUT2D eigenvalue weighted by atomic mass is 16.6. The maximum Gasteiger partial charge on any atom is 0.161 e. The van der Waals surface area contributed by atoms with Crippen molar-refractivity contribution in [1.82, 2.24) is 15.1 Å². The summed E-state index contributed by atoms with van der Waals surface area (Å²) in [5.74, 6) is 1.69. The number of nitrogens with one attached hydrogen (secondary N) is 1. The Hall–Kier alpha value is -2.01. The van der Waals surface area contributed by atoms with Gasteiger partial charge < -0.3 is 14.8 Å². The molecular weight excluding hydrogens is 254 g/mol. The summed E-state index contributed by atoms with van der Waals surface area (Å²) in [5.41, 5.74) is 2.46. The highest BCUT2D eigenvalue weighted by Gasteiger charge is 2.11. The second-order valence-corrected chi connectivity index (χ2v) is 4.93. The molecule has 2 heterocycles. The lowest BCUT2D eigenvalue weighted by Crippen LogP contribution is -2.18. The minimum Gasteiger partial charge on any atom is -0.486 e. The van der Waals surface area contributed by atoms with Crippen molar-refractivity contribution in [2.24, 2.45) is 7.05 Å². The van der Waals surface area contributed by atoms with Crippen LogP contribution in [0, 0.1) is 0 Å². The Bertz CT molecular complexity index is 580. The monoisotopic (exact) mass is 273 g/mol. The maximum atomic E-state index is 5.58. The van der Waals surface area contributed by atoms with Crippen LogP contribution >= 0.6 is 0 Å². The molecule has 1 N–H and O–H groups in total. The molecule has 106 valence electrons. The van der Waals surface area contributed by atoms with Crippen LogP contribution in [0.5, 0.6) is 11.5 Å². The van der Waals surface area contributed by atoms with Crippen molar-refractivity contribution in [2.75, 3.05) is 19.8 Å². The van der Waals surface area contributed by atoms with Gasteiger partial charge in [-0.1, -0.05) is 6.07 Å². The highest BCUT2D eigenvalue weighted by molar-refractivity contribution is 5.43. The van der Waals surface area contributed by atoms with Crippen LogP contribution in [-0.2, 0) is 20.0 Å². The highest BCUT2D eigenvalue weighted by Crippen LogP contribution is 2.30. The second kappa shape index (κ2) is 5.96. The van der Waals surface area contributed by atoms with E-state index in [1.54, 1.807) is 0 Å². The fraction of sp³-hybridized carbons (Fsp3) is 0.400. The number of rotatable bonds is 5. The topological polar surface area (TPSA) is 48.3 Å². The van der Waals surface area contributed by atoms with Gasteiger partial charge in [-0.25, -0.2) is 0 Å². The predicted octanol–water partition coefficient (Wildman–Crippen LogP) is 1.52. The summed E-state index contributed by atoms with van der Waals surface area (Å²) in [4.78, 5) is 0. The van der Waals surface area contributed by atoms with Crippen molar-refractivity contribution in [3.05, 3.63) is 41.7 Å². The molecule has 2 aromatic rings. The van der Waals surface area contributed by atoms with Crippen molar-refractivity contribution < 1.29 is 9.47 Å². The summed E-state index contributed by atoms with van der Waals surface area (Å²) in [6.45, 7) is 3.03. The Morgan fingerprint density at radius 2 is 2.05 bits per heavy atom. The zero-order valence-corrected chi connectivity index (χ0v) is 11.6. The van der Waals surface area contributed by atoms with Gasteiger partial charge in [0.05, 0.1) is 6.20 Å². The Kier molecular flexibility index (Phi) is 3.87. The molecule has 0 spiro atoms. The first-order chi connectivity index (χ1) is 9.81. The second-order valence-electron chi connectivity index (χ2n) is 4.93. The molecule has 5 nitrogen and oxygen atoms in total. The van der Waals surface area contributed by atoms with Crippen molar-refractivity contribution in [2.45, 2.75) is 13.0 Å². The summed E-state index contributed by atoms with van der Waals surface area (Å²) >= 11 is 0. The number of hydrogen-bond acceptors (Lipinski definition) is 4. The molecule has 0 saturated heterocycles. The number of fused-ring (bicyclic) bond motifs is 1. The third-order valence-corrected chi connectivity index (χ3v) is 3.28. The predicted molar refractivity (Wildman–Crippen MR) is 76.1 cm³/mol. The van der Waals surface area contributed by atoms with Crippen molar-refractivity contribution >= 4 is 0 Å². The molecule has 0 atom stereocenters. The summed E-state index contributed by atoms with van der Waals surface area (Å²) in [6, 6.07) is 6.10. The largest absolute Gasteiger partial charge is 0.486 e. The molecule has 5 heteroatoms. The van der Waals surface area contributed by atoms with Gasteiger partial charge in [-0.2, -0.15) is 5.10 Å². The summed E-state index contributed by atoms with van der Waals surface area (Å²) in [5, 5.41) is 7.59. The molecule has 1 aromatic heterocycles. The number of hydrogen-bond donors (Lipinski definition) is 1. The molecule has 20 heavy (non-hydrogen) atoms. The minimum atomic E-state index is 0.630. The van der Waals surface area contributed by atoms with Crippen LogP contribution in [0.1, 0.15) is 11.1 Å². The first kappa shape index (κ1) is 13.0. The average molecular weight is 273 g/mol. The molecule has 0 aliphatic carbocycles. The zero-order chi connectivity index (χ0) is 13.8. The molecule has 0 radical (unpaired) electrons. The van der Waals surface area contributed by atoms with Gasteiger partial charge in [0, 0.05) is 19.8 Å². The maximum absolute atomic E-state index is 5.58. The molecule has 3 rings (SSSR count). The molecule has 0 bridgehead atoms. The summed E-state index contributed by atoms with van der Waals surface area (Å²) in [6.07, 6.45) is 4.94. The van der Waals surface area contributed by atoms with Gasteiger partial charge in [-0.05, 0) is 36.2 Å². The first-order valence-electron chi connectivity index (χ1n) is 6.88. The van der Waals surface area contributed by atoms with Crippen LogP contribution in [-0.4, -0.2) is 29.5 Å². The van der Waals surface area contributed by atoms with Crippen LogP contribution in [0.4, 0.5) is 0 Å². The van der Waals surface area contributed by atoms with E-state index in [9.17, 15) is 0 Å². The molecule has 0 fully saturated rings. The van der Waals surface area contributed by atoms with E-state index in [1.807, 2.05) is 36.3 Å². The molecule has 0 amide bonds. The van der Waals surface area contributed by atoms with E-state index in [0.29, 0.717) is 13.2 Å². The van der Waals surface area contributed by atoms with Crippen LogP contribution in [0.2, 0.25) is 0 Å². The summed E-state index contributed by atoms with van der Waals surface area (Å²) < 4.78 is 12.9. The minimum absolute atomic E-state index is 0.630. The van der Waals surface area contributed by atoms with E-state index in [2.05, 4.69) is 16.5 Å². The zero-order valence-electron chi connectivity index (χ0n) is 11.6. The molecule has 1 aromatic carbocycles. The van der Waals surface area contributed by atoms with Crippen LogP contribution in [0.25, 0.3) is 0 Å². The fourth-order valence-electron chi connectivity index (χ4n) is 2.26. The number of ether oxygens (including phenoxy) is 2. The van der Waals surface area contributed by atoms with Gasteiger partial charge in [0.15, 0.2) is 11.5 Å². The standard InChI is InChI=1S/C15H19N3O2/c1-18-11-13(10-17-18)4-5-16-9-12-2-3-14-15(8-12)20-7-6-19-14/h2-3,8,10-11,16H,4-7,9H2,1H3. The SMILES string of the molecule is Cn1cc(CCNCc2ccc3c(c2)OCCO3)cn1. The van der Waals surface area contributed by atoms with Crippen molar-refractivity contribution in [3.63, 3.8) is 0 Å². The van der Waals surface area contributed by atoms with E-state index in [0.717, 1.165) is 31.0 Å². The Balaban J connectivity index is 1.48. The van der Waals surface area contributed by atoms with Gasteiger partial charge in [-0.3, -0.25) is 4.68 Å². The van der Waals surface area contributed by atoms with Crippen LogP contribution in [0.15, 0.2) is 30.6 Å². The number of aryl methyl sites for hydroxylation is 1. The normalized spacial score (nSPS) is 13.4. The van der Waals surface area contributed by atoms with E-state index >= 15 is 0 Å². The molecule has 0 unspecified atom stereocenters. The quantitative estimate of drug-likeness (QED) is 0.839. The van der Waals surface area contributed by atoms with Gasteiger partial charge in [-0.15, -0.1) is 0 Å². The number of nitrogens with zero attached hydrogens (tertiary/aromatic N) is 2. The third kappa shape index (κ3) is 3.11. The van der Waals surface area contributed by atoms with Gasteiger partial charge in [0.2, 0.25) is 0 Å². The lowest BCUT2D eigenvalue weighted by Gasteiger charge is -2.18. The van der Waals surface area contributed by atoms with Gasteiger partial charge in [0.1, 0.15) is 13.2 Å². The number of aromatic nitrogens is 2. The molecule has 0 saturated carbocycles. The van der Waals surface area contributed by atoms with E-state index in [-0.39, 0.29) is 0 Å². The fourth-order valence-corrected chi connectivity index (χ4v) is 2.26. The van der Waals surface area contributed by atoms with E-state index in [4.69, 9.17) is 9.47 Å². The Morgan fingerprint density at radius 1 is 1.20 bits per heavy atom.